The molecule has 0 spiro atoms. The Bertz CT molecular complexity index is 499. The maximum atomic E-state index is 12.7. The summed E-state index contributed by atoms with van der Waals surface area (Å²) in [4.78, 5) is 14.7. The average Bonchev–Trinajstić information content (AvgIpc) is 2.48. The fraction of sp³-hybridized carbons (Fsp3) is 0.562. The quantitative estimate of drug-likeness (QED) is 0.913. The van der Waals surface area contributed by atoms with Gasteiger partial charge >= 0.3 is 0 Å². The number of rotatable bonds is 4. The van der Waals surface area contributed by atoms with Crippen LogP contribution >= 0.6 is 23.2 Å². The van der Waals surface area contributed by atoms with Crippen LogP contribution in [0.3, 0.4) is 0 Å². The van der Waals surface area contributed by atoms with Crippen molar-refractivity contribution in [3.63, 3.8) is 0 Å². The Labute approximate surface area is 136 Å². The lowest BCUT2D eigenvalue weighted by Gasteiger charge is -2.32. The molecular formula is C16H22Cl2N2O. The summed E-state index contributed by atoms with van der Waals surface area (Å²) in [7, 11) is 0. The van der Waals surface area contributed by atoms with Crippen LogP contribution in [0.15, 0.2) is 18.2 Å². The van der Waals surface area contributed by atoms with E-state index in [1.165, 1.54) is 0 Å². The second-order valence-electron chi connectivity index (χ2n) is 5.85. The van der Waals surface area contributed by atoms with Crippen LogP contribution in [-0.4, -0.2) is 29.9 Å². The van der Waals surface area contributed by atoms with Crippen molar-refractivity contribution >= 4 is 29.1 Å². The van der Waals surface area contributed by atoms with Crippen LogP contribution < -0.4 is 5.32 Å². The van der Waals surface area contributed by atoms with Gasteiger partial charge in [-0.25, -0.2) is 0 Å². The van der Waals surface area contributed by atoms with E-state index in [2.05, 4.69) is 5.32 Å². The van der Waals surface area contributed by atoms with Crippen LogP contribution in [0.2, 0.25) is 10.0 Å². The summed E-state index contributed by atoms with van der Waals surface area (Å²) in [6.45, 7) is 6.46. The molecule has 1 atom stereocenters. The van der Waals surface area contributed by atoms with Crippen molar-refractivity contribution in [1.82, 2.24) is 10.2 Å². The van der Waals surface area contributed by atoms with E-state index >= 15 is 0 Å². The highest BCUT2D eigenvalue weighted by Gasteiger charge is 2.27. The lowest BCUT2D eigenvalue weighted by molar-refractivity contribution is -0.138. The lowest BCUT2D eigenvalue weighted by Crippen LogP contribution is -2.45. The van der Waals surface area contributed by atoms with Crippen molar-refractivity contribution < 1.29 is 4.79 Å². The molecule has 0 saturated carbocycles. The first-order valence-electron chi connectivity index (χ1n) is 7.44. The Kier molecular flexibility index (Phi) is 5.91. The number of carbonyl (C=O) groups is 1. The first-order valence-corrected chi connectivity index (χ1v) is 8.19. The van der Waals surface area contributed by atoms with Crippen LogP contribution in [0.1, 0.15) is 32.3 Å². The summed E-state index contributed by atoms with van der Waals surface area (Å²) >= 11 is 12.0. The number of hydrogen-bond acceptors (Lipinski definition) is 2. The van der Waals surface area contributed by atoms with Gasteiger partial charge in [0.1, 0.15) is 0 Å². The molecule has 0 aliphatic carbocycles. The first-order chi connectivity index (χ1) is 9.99. The highest BCUT2D eigenvalue weighted by Crippen LogP contribution is 2.24. The largest absolute Gasteiger partial charge is 0.336 e. The third-order valence-corrected chi connectivity index (χ3v) is 4.63. The van der Waals surface area contributed by atoms with Gasteiger partial charge < -0.3 is 10.2 Å². The van der Waals surface area contributed by atoms with E-state index in [0.717, 1.165) is 31.5 Å². The summed E-state index contributed by atoms with van der Waals surface area (Å²) < 4.78 is 0. The third-order valence-electron chi connectivity index (χ3n) is 3.89. The molecular weight excluding hydrogens is 307 g/mol. The zero-order valence-electron chi connectivity index (χ0n) is 12.5. The lowest BCUT2D eigenvalue weighted by atomic mass is 9.97. The molecule has 1 aromatic carbocycles. The van der Waals surface area contributed by atoms with Crippen molar-refractivity contribution in [1.29, 1.82) is 0 Å². The Morgan fingerprint density at radius 2 is 2.14 bits per heavy atom. The fourth-order valence-electron chi connectivity index (χ4n) is 2.65. The molecule has 0 unspecified atom stereocenters. The van der Waals surface area contributed by atoms with Gasteiger partial charge in [-0.2, -0.15) is 0 Å². The highest BCUT2D eigenvalue weighted by molar-refractivity contribution is 6.42. The summed E-state index contributed by atoms with van der Waals surface area (Å²) in [6, 6.07) is 5.71. The van der Waals surface area contributed by atoms with Gasteiger partial charge in [-0.3, -0.25) is 4.79 Å². The van der Waals surface area contributed by atoms with Crippen molar-refractivity contribution in [2.45, 2.75) is 39.3 Å². The molecule has 1 N–H and O–H groups in total. The number of carbonyl (C=O) groups excluding carboxylic acids is 1. The predicted molar refractivity (Wildman–Crippen MR) is 87.7 cm³/mol. The van der Waals surface area contributed by atoms with Crippen LogP contribution in [0.4, 0.5) is 0 Å². The normalized spacial score (nSPS) is 18.8. The Morgan fingerprint density at radius 3 is 2.71 bits per heavy atom. The van der Waals surface area contributed by atoms with Crippen molar-refractivity contribution in [2.75, 3.05) is 13.1 Å². The highest BCUT2D eigenvalue weighted by atomic mass is 35.5. The van der Waals surface area contributed by atoms with E-state index in [1.54, 1.807) is 6.07 Å². The van der Waals surface area contributed by atoms with Crippen LogP contribution in [0.5, 0.6) is 0 Å². The Balaban J connectivity index is 2.10. The maximum Gasteiger partial charge on any atom is 0.227 e. The zero-order chi connectivity index (χ0) is 15.4. The Morgan fingerprint density at radius 1 is 1.38 bits per heavy atom. The predicted octanol–water partition coefficient (Wildman–Crippen LogP) is 3.73. The number of nitrogens with one attached hydrogen (secondary N) is 1. The molecule has 5 heteroatoms. The monoisotopic (exact) mass is 328 g/mol. The number of amides is 1. The summed E-state index contributed by atoms with van der Waals surface area (Å²) in [5.74, 6) is 0.312. The van der Waals surface area contributed by atoms with Gasteiger partial charge in [0.15, 0.2) is 0 Å². The summed E-state index contributed by atoms with van der Waals surface area (Å²) in [5.41, 5.74) is 1.01. The van der Waals surface area contributed by atoms with Gasteiger partial charge in [0, 0.05) is 19.1 Å². The number of piperidine rings is 1. The molecule has 1 amide bonds. The molecule has 3 nitrogen and oxygen atoms in total. The Hall–Kier alpha value is -0.770. The van der Waals surface area contributed by atoms with Gasteiger partial charge in [0.25, 0.3) is 0 Å². The molecule has 0 aromatic heterocycles. The van der Waals surface area contributed by atoms with E-state index in [1.807, 2.05) is 30.9 Å². The van der Waals surface area contributed by atoms with Crippen LogP contribution in [-0.2, 0) is 11.3 Å². The SMILES string of the molecule is CC(C)N(Cc1ccc(Cl)c(Cl)c1)C(=O)[C@H]1CCCNC1. The molecule has 21 heavy (non-hydrogen) atoms. The molecule has 0 radical (unpaired) electrons. The summed E-state index contributed by atoms with van der Waals surface area (Å²) in [6.07, 6.45) is 2.03. The van der Waals surface area contributed by atoms with Gasteiger partial charge in [-0.05, 0) is 50.9 Å². The standard InChI is InChI=1S/C16H22Cl2N2O/c1-11(2)20(16(21)13-4-3-7-19-9-13)10-12-5-6-14(17)15(18)8-12/h5-6,8,11,13,19H,3-4,7,9-10H2,1-2H3/t13-/m0/s1. The number of nitrogens with zero attached hydrogens (tertiary/aromatic N) is 1. The maximum absolute atomic E-state index is 12.7. The molecule has 2 rings (SSSR count). The van der Waals surface area contributed by atoms with E-state index in [4.69, 9.17) is 23.2 Å². The van der Waals surface area contributed by atoms with E-state index in [0.29, 0.717) is 16.6 Å². The minimum Gasteiger partial charge on any atom is -0.336 e. The third kappa shape index (κ3) is 4.35. The first kappa shape index (κ1) is 16.6. The zero-order valence-corrected chi connectivity index (χ0v) is 14.0. The molecule has 1 fully saturated rings. The molecule has 1 saturated heterocycles. The van der Waals surface area contributed by atoms with Gasteiger partial charge in [0.05, 0.1) is 16.0 Å². The second-order valence-corrected chi connectivity index (χ2v) is 6.67. The van der Waals surface area contributed by atoms with Crippen LogP contribution in [0.25, 0.3) is 0 Å². The van der Waals surface area contributed by atoms with Crippen molar-refractivity contribution in [3.05, 3.63) is 33.8 Å². The van der Waals surface area contributed by atoms with E-state index in [9.17, 15) is 4.79 Å². The van der Waals surface area contributed by atoms with Crippen molar-refractivity contribution in [3.8, 4) is 0 Å². The number of halogens is 2. The summed E-state index contributed by atoms with van der Waals surface area (Å²) in [5, 5.41) is 4.38. The topological polar surface area (TPSA) is 32.3 Å². The number of benzene rings is 1. The van der Waals surface area contributed by atoms with Crippen molar-refractivity contribution in [2.24, 2.45) is 5.92 Å². The molecule has 1 aliphatic heterocycles. The van der Waals surface area contributed by atoms with E-state index in [-0.39, 0.29) is 17.9 Å². The van der Waals surface area contributed by atoms with Gasteiger partial charge in [-0.1, -0.05) is 29.3 Å². The average molecular weight is 329 g/mol. The molecule has 1 aliphatic rings. The molecule has 116 valence electrons. The minimum atomic E-state index is 0.0870. The molecule has 1 aromatic rings. The fourth-order valence-corrected chi connectivity index (χ4v) is 2.97. The molecule has 0 bridgehead atoms. The van der Waals surface area contributed by atoms with E-state index < -0.39 is 0 Å². The van der Waals surface area contributed by atoms with Gasteiger partial charge in [-0.15, -0.1) is 0 Å². The number of hydrogen-bond donors (Lipinski definition) is 1. The second kappa shape index (κ2) is 7.48. The van der Waals surface area contributed by atoms with Crippen LogP contribution in [0, 0.1) is 5.92 Å². The smallest absolute Gasteiger partial charge is 0.227 e. The molecule has 1 heterocycles. The minimum absolute atomic E-state index is 0.0870. The van der Waals surface area contributed by atoms with Gasteiger partial charge in [0.2, 0.25) is 5.91 Å².